The van der Waals surface area contributed by atoms with Crippen molar-refractivity contribution in [3.8, 4) is 0 Å². The zero-order valence-electron chi connectivity index (χ0n) is 10.3. The van der Waals surface area contributed by atoms with Gasteiger partial charge in [-0.1, -0.05) is 0 Å². The van der Waals surface area contributed by atoms with Crippen LogP contribution in [0, 0.1) is 0 Å². The molecule has 0 bridgehead atoms. The second-order valence-corrected chi connectivity index (χ2v) is 4.44. The zero-order chi connectivity index (χ0) is 12.8. The number of nitrogens with two attached hydrogens (primary N) is 1. The Labute approximate surface area is 95.9 Å². The van der Waals surface area contributed by atoms with Crippen molar-refractivity contribution >= 4 is 12.0 Å². The number of hydrogen-bond acceptors (Lipinski definition) is 4. The molecule has 0 unspecified atom stereocenters. The highest BCUT2D eigenvalue weighted by Crippen LogP contribution is 2.06. The van der Waals surface area contributed by atoms with Crippen LogP contribution in [-0.4, -0.2) is 37.2 Å². The van der Waals surface area contributed by atoms with Crippen LogP contribution in [0.1, 0.15) is 27.2 Å². The van der Waals surface area contributed by atoms with Crippen LogP contribution in [0.3, 0.4) is 0 Å². The van der Waals surface area contributed by atoms with Crippen LogP contribution < -0.4 is 16.4 Å². The van der Waals surface area contributed by atoms with Crippen LogP contribution in [-0.2, 0) is 9.53 Å². The number of amides is 2. The van der Waals surface area contributed by atoms with Crippen LogP contribution in [0.25, 0.3) is 0 Å². The lowest BCUT2D eigenvalue weighted by molar-refractivity contribution is -0.122. The van der Waals surface area contributed by atoms with E-state index in [1.165, 1.54) is 7.05 Å². The molecule has 0 aromatic rings. The average Bonchev–Trinajstić information content (AvgIpc) is 2.13. The van der Waals surface area contributed by atoms with E-state index in [9.17, 15) is 9.59 Å². The van der Waals surface area contributed by atoms with E-state index in [0.717, 1.165) is 0 Å². The summed E-state index contributed by atoms with van der Waals surface area (Å²) in [6.45, 7) is 5.65. The van der Waals surface area contributed by atoms with E-state index in [1.54, 1.807) is 20.8 Å². The largest absolute Gasteiger partial charge is 0.444 e. The molecule has 1 atom stereocenters. The van der Waals surface area contributed by atoms with Crippen molar-refractivity contribution in [2.45, 2.75) is 38.8 Å². The van der Waals surface area contributed by atoms with Crippen LogP contribution in [0.4, 0.5) is 4.79 Å². The second kappa shape index (κ2) is 6.32. The fraction of sp³-hybridized carbons (Fsp3) is 0.800. The third-order valence-corrected chi connectivity index (χ3v) is 1.71. The lowest BCUT2D eigenvalue weighted by Gasteiger charge is -2.20. The molecule has 94 valence electrons. The fourth-order valence-corrected chi connectivity index (χ4v) is 0.960. The Balaban J connectivity index is 3.74. The number of nitrogens with one attached hydrogen (secondary N) is 2. The Bertz CT molecular complexity index is 248. The highest BCUT2D eigenvalue weighted by Gasteiger charge is 2.16. The summed E-state index contributed by atoms with van der Waals surface area (Å²) in [5.74, 6) is -0.244. The number of carbonyl (C=O) groups is 2. The smallest absolute Gasteiger partial charge is 0.407 e. The van der Waals surface area contributed by atoms with Gasteiger partial charge in [0.1, 0.15) is 5.60 Å². The maximum Gasteiger partial charge on any atom is 0.407 e. The third-order valence-electron chi connectivity index (χ3n) is 1.71. The minimum atomic E-state index is -0.611. The predicted molar refractivity (Wildman–Crippen MR) is 60.9 cm³/mol. The summed E-state index contributed by atoms with van der Waals surface area (Å²) < 4.78 is 5.01. The monoisotopic (exact) mass is 231 g/mol. The molecule has 0 saturated carbocycles. The Hall–Kier alpha value is -1.30. The number of rotatable bonds is 4. The topological polar surface area (TPSA) is 93.5 Å². The van der Waals surface area contributed by atoms with E-state index in [1.807, 2.05) is 0 Å². The van der Waals surface area contributed by atoms with E-state index in [-0.39, 0.29) is 5.91 Å². The van der Waals surface area contributed by atoms with Gasteiger partial charge in [0.2, 0.25) is 5.91 Å². The van der Waals surface area contributed by atoms with Crippen molar-refractivity contribution in [3.63, 3.8) is 0 Å². The minimum Gasteiger partial charge on any atom is -0.444 e. The number of ether oxygens (including phenoxy) is 1. The van der Waals surface area contributed by atoms with Gasteiger partial charge in [-0.3, -0.25) is 4.79 Å². The summed E-state index contributed by atoms with van der Waals surface area (Å²) in [7, 11) is 1.52. The summed E-state index contributed by atoms with van der Waals surface area (Å²) >= 11 is 0. The second-order valence-electron chi connectivity index (χ2n) is 4.44. The van der Waals surface area contributed by atoms with Crippen LogP contribution >= 0.6 is 0 Å². The molecule has 2 amide bonds. The average molecular weight is 231 g/mol. The number of alkyl carbamates (subject to hydrolysis) is 1. The van der Waals surface area contributed by atoms with E-state index >= 15 is 0 Å². The van der Waals surface area contributed by atoms with Gasteiger partial charge in [0, 0.05) is 13.6 Å². The molecule has 6 nitrogen and oxygen atoms in total. The lowest BCUT2D eigenvalue weighted by Crippen LogP contribution is -2.42. The Kier molecular flexibility index (Phi) is 5.81. The molecule has 0 aliphatic heterocycles. The highest BCUT2D eigenvalue weighted by molar-refractivity contribution is 5.81. The van der Waals surface area contributed by atoms with Crippen molar-refractivity contribution in [2.24, 2.45) is 5.73 Å². The van der Waals surface area contributed by atoms with E-state index in [2.05, 4.69) is 10.6 Å². The van der Waals surface area contributed by atoms with Crippen molar-refractivity contribution in [2.75, 3.05) is 13.6 Å². The van der Waals surface area contributed by atoms with Gasteiger partial charge in [-0.2, -0.15) is 0 Å². The maximum atomic E-state index is 11.2. The zero-order valence-corrected chi connectivity index (χ0v) is 10.3. The van der Waals surface area contributed by atoms with Gasteiger partial charge >= 0.3 is 6.09 Å². The molecular formula is C10H21N3O3. The van der Waals surface area contributed by atoms with Crippen molar-refractivity contribution in [1.82, 2.24) is 10.6 Å². The van der Waals surface area contributed by atoms with Crippen LogP contribution in [0.2, 0.25) is 0 Å². The number of hydrogen-bond donors (Lipinski definition) is 3. The van der Waals surface area contributed by atoms with Gasteiger partial charge in [-0.15, -0.1) is 0 Å². The minimum absolute atomic E-state index is 0.244. The normalized spacial score (nSPS) is 12.8. The van der Waals surface area contributed by atoms with Crippen LogP contribution in [0.5, 0.6) is 0 Å². The first-order chi connectivity index (χ1) is 7.26. The Morgan fingerprint density at radius 1 is 1.38 bits per heavy atom. The van der Waals surface area contributed by atoms with Gasteiger partial charge in [0.15, 0.2) is 0 Å². The quantitative estimate of drug-likeness (QED) is 0.633. The molecule has 4 N–H and O–H groups in total. The molecule has 0 radical (unpaired) electrons. The molecule has 16 heavy (non-hydrogen) atoms. The van der Waals surface area contributed by atoms with Gasteiger partial charge in [-0.05, 0) is 27.2 Å². The van der Waals surface area contributed by atoms with Crippen molar-refractivity contribution < 1.29 is 14.3 Å². The summed E-state index contributed by atoms with van der Waals surface area (Å²) in [6, 6.07) is -0.611. The summed E-state index contributed by atoms with van der Waals surface area (Å²) in [4.78, 5) is 22.2. The molecule has 0 fully saturated rings. The standard InChI is InChI=1S/C10H21N3O3/c1-10(2,3)16-9(15)13-6-5-7(11)8(14)12-4/h7H,5-6,11H2,1-4H3,(H,12,14)(H,13,15)/t7-/m0/s1. The molecule has 0 aromatic heterocycles. The van der Waals surface area contributed by atoms with Crippen molar-refractivity contribution in [1.29, 1.82) is 0 Å². The van der Waals surface area contributed by atoms with Gasteiger partial charge < -0.3 is 21.1 Å². The van der Waals surface area contributed by atoms with E-state index in [4.69, 9.17) is 10.5 Å². The number of carbonyl (C=O) groups excluding carboxylic acids is 2. The summed E-state index contributed by atoms with van der Waals surface area (Å²) in [5, 5.41) is 4.96. The van der Waals surface area contributed by atoms with Crippen LogP contribution in [0.15, 0.2) is 0 Å². The molecular weight excluding hydrogens is 210 g/mol. The molecule has 0 saturated heterocycles. The molecule has 0 heterocycles. The van der Waals surface area contributed by atoms with Crippen molar-refractivity contribution in [3.05, 3.63) is 0 Å². The summed E-state index contributed by atoms with van der Waals surface area (Å²) in [6.07, 6.45) is -0.129. The predicted octanol–water partition coefficient (Wildman–Crippen LogP) is -0.0255. The third kappa shape index (κ3) is 7.05. The molecule has 0 aromatic carbocycles. The van der Waals surface area contributed by atoms with E-state index < -0.39 is 17.7 Å². The molecule has 0 aliphatic rings. The lowest BCUT2D eigenvalue weighted by atomic mass is 10.2. The maximum absolute atomic E-state index is 11.2. The molecule has 0 rings (SSSR count). The first-order valence-electron chi connectivity index (χ1n) is 5.20. The Morgan fingerprint density at radius 3 is 2.38 bits per heavy atom. The SMILES string of the molecule is CNC(=O)[C@@H](N)CCNC(=O)OC(C)(C)C. The molecule has 6 heteroatoms. The van der Waals surface area contributed by atoms with Gasteiger partial charge in [0.25, 0.3) is 0 Å². The fourth-order valence-electron chi connectivity index (χ4n) is 0.960. The first kappa shape index (κ1) is 14.7. The Morgan fingerprint density at radius 2 is 1.94 bits per heavy atom. The van der Waals surface area contributed by atoms with Gasteiger partial charge in [0.05, 0.1) is 6.04 Å². The number of likely N-dealkylation sites (N-methyl/N-ethyl adjacent to an activating group) is 1. The molecule has 0 spiro atoms. The van der Waals surface area contributed by atoms with Gasteiger partial charge in [-0.25, -0.2) is 4.79 Å². The molecule has 0 aliphatic carbocycles. The van der Waals surface area contributed by atoms with E-state index in [0.29, 0.717) is 13.0 Å². The highest BCUT2D eigenvalue weighted by atomic mass is 16.6. The first-order valence-corrected chi connectivity index (χ1v) is 5.20. The summed E-state index contributed by atoms with van der Waals surface area (Å²) in [5.41, 5.74) is 5.02.